The predicted molar refractivity (Wildman–Crippen MR) is 108 cm³/mol. The van der Waals surface area contributed by atoms with Crippen LogP contribution in [-0.2, 0) is 6.54 Å². The van der Waals surface area contributed by atoms with Crippen molar-refractivity contribution in [2.24, 2.45) is 10.2 Å². The summed E-state index contributed by atoms with van der Waals surface area (Å²) in [6.45, 7) is 4.37. The molecule has 8 heteroatoms. The maximum atomic E-state index is 12.5. The van der Waals surface area contributed by atoms with E-state index in [2.05, 4.69) is 15.3 Å². The van der Waals surface area contributed by atoms with Gasteiger partial charge in [0.15, 0.2) is 17.1 Å². The standard InChI is InChI=1S/C21H19N5O3/c1-3-25-16-10-9-13(2)11-15(16)18(21(25)29)22-23-20(28)19-17(27)12-26(24-19)14-7-5-4-6-8-14/h4-12,27,29H,3H2,1-2H3. The highest BCUT2D eigenvalue weighted by molar-refractivity contribution is 5.97. The van der Waals surface area contributed by atoms with Crippen molar-refractivity contribution in [1.82, 2.24) is 14.3 Å². The first-order valence-corrected chi connectivity index (χ1v) is 9.11. The van der Waals surface area contributed by atoms with E-state index in [1.807, 2.05) is 50.2 Å². The number of azo groups is 1. The largest absolute Gasteiger partial charge is 0.504 e. The molecule has 2 N–H and O–H groups in total. The Kier molecular flexibility index (Phi) is 4.59. The van der Waals surface area contributed by atoms with Crippen LogP contribution in [0.3, 0.4) is 0 Å². The number of aryl methyl sites for hydroxylation is 2. The van der Waals surface area contributed by atoms with E-state index >= 15 is 0 Å². The van der Waals surface area contributed by atoms with Crippen molar-refractivity contribution in [2.75, 3.05) is 0 Å². The second kappa shape index (κ2) is 7.23. The number of carbonyl (C=O) groups excluding carboxylic acids is 1. The zero-order valence-electron chi connectivity index (χ0n) is 15.9. The molecule has 0 saturated heterocycles. The fraction of sp³-hybridized carbons (Fsp3) is 0.143. The molecule has 0 radical (unpaired) electrons. The Bertz CT molecular complexity index is 1240. The zero-order valence-corrected chi connectivity index (χ0v) is 15.9. The Morgan fingerprint density at radius 1 is 1.14 bits per heavy atom. The highest BCUT2D eigenvalue weighted by atomic mass is 16.3. The third kappa shape index (κ3) is 3.25. The number of amides is 1. The molecule has 0 atom stereocenters. The lowest BCUT2D eigenvalue weighted by Crippen LogP contribution is -1.99. The maximum absolute atomic E-state index is 12.5. The Balaban J connectivity index is 1.70. The summed E-state index contributed by atoms with van der Waals surface area (Å²) in [5, 5.41) is 33.1. The van der Waals surface area contributed by atoms with Gasteiger partial charge in [-0.25, -0.2) is 4.68 Å². The fourth-order valence-corrected chi connectivity index (χ4v) is 3.23. The molecule has 2 heterocycles. The average Bonchev–Trinajstić information content (AvgIpc) is 3.23. The normalized spacial score (nSPS) is 11.5. The molecule has 2 aromatic heterocycles. The lowest BCUT2D eigenvalue weighted by molar-refractivity contribution is 0.0987. The smallest absolute Gasteiger partial charge is 0.319 e. The number of aromatic hydroxyl groups is 2. The van der Waals surface area contributed by atoms with Crippen LogP contribution in [0.5, 0.6) is 11.6 Å². The van der Waals surface area contributed by atoms with Crippen LogP contribution >= 0.6 is 0 Å². The molecule has 0 bridgehead atoms. The summed E-state index contributed by atoms with van der Waals surface area (Å²) in [6, 6.07) is 14.8. The van der Waals surface area contributed by atoms with Gasteiger partial charge in [-0.15, -0.1) is 10.2 Å². The van der Waals surface area contributed by atoms with Crippen LogP contribution in [0, 0.1) is 6.92 Å². The summed E-state index contributed by atoms with van der Waals surface area (Å²) < 4.78 is 3.08. The molecule has 0 fully saturated rings. The molecule has 0 unspecified atom stereocenters. The van der Waals surface area contributed by atoms with Gasteiger partial charge in [0.1, 0.15) is 0 Å². The number of benzene rings is 2. The van der Waals surface area contributed by atoms with Crippen molar-refractivity contribution < 1.29 is 15.0 Å². The molecule has 0 aliphatic rings. The van der Waals surface area contributed by atoms with E-state index in [0.29, 0.717) is 17.6 Å². The lowest BCUT2D eigenvalue weighted by atomic mass is 10.1. The van der Waals surface area contributed by atoms with E-state index in [4.69, 9.17) is 0 Å². The van der Waals surface area contributed by atoms with Crippen molar-refractivity contribution in [1.29, 1.82) is 0 Å². The van der Waals surface area contributed by atoms with Gasteiger partial charge in [-0.2, -0.15) is 5.10 Å². The summed E-state index contributed by atoms with van der Waals surface area (Å²) in [5.74, 6) is -1.17. The van der Waals surface area contributed by atoms with Gasteiger partial charge < -0.3 is 14.8 Å². The Hall–Kier alpha value is -3.94. The van der Waals surface area contributed by atoms with Gasteiger partial charge in [-0.1, -0.05) is 29.8 Å². The van der Waals surface area contributed by atoms with Crippen molar-refractivity contribution in [3.05, 3.63) is 66.0 Å². The second-order valence-corrected chi connectivity index (χ2v) is 6.59. The number of rotatable bonds is 4. The molecule has 0 saturated carbocycles. The first kappa shape index (κ1) is 18.4. The number of carbonyl (C=O) groups is 1. The molecule has 29 heavy (non-hydrogen) atoms. The van der Waals surface area contributed by atoms with Crippen molar-refractivity contribution >= 4 is 22.5 Å². The lowest BCUT2D eigenvalue weighted by Gasteiger charge is -2.01. The number of nitrogens with zero attached hydrogens (tertiary/aromatic N) is 5. The zero-order chi connectivity index (χ0) is 20.5. The minimum atomic E-state index is -0.804. The van der Waals surface area contributed by atoms with Crippen molar-refractivity contribution in [2.45, 2.75) is 20.4 Å². The van der Waals surface area contributed by atoms with Crippen LogP contribution in [0.1, 0.15) is 23.0 Å². The number of aromatic nitrogens is 3. The van der Waals surface area contributed by atoms with E-state index in [1.54, 1.807) is 16.7 Å². The SMILES string of the molecule is CCn1c(O)c(N=NC(=O)c2nn(-c3ccccc3)cc2O)c2cc(C)ccc21. The molecule has 2 aromatic carbocycles. The van der Waals surface area contributed by atoms with Gasteiger partial charge in [0.2, 0.25) is 5.88 Å². The summed E-state index contributed by atoms with van der Waals surface area (Å²) in [5.41, 5.74) is 2.48. The molecular weight excluding hydrogens is 370 g/mol. The van der Waals surface area contributed by atoms with Crippen LogP contribution in [-0.4, -0.2) is 30.5 Å². The van der Waals surface area contributed by atoms with Crippen LogP contribution in [0.15, 0.2) is 65.0 Å². The first-order chi connectivity index (χ1) is 14.0. The van der Waals surface area contributed by atoms with E-state index in [-0.39, 0.29) is 23.0 Å². The Labute approximate surface area is 166 Å². The Morgan fingerprint density at radius 2 is 1.90 bits per heavy atom. The third-order valence-corrected chi connectivity index (χ3v) is 4.64. The quantitative estimate of drug-likeness (QED) is 0.502. The van der Waals surface area contributed by atoms with Crippen LogP contribution < -0.4 is 0 Å². The predicted octanol–water partition coefficient (Wildman–Crippen LogP) is 4.49. The summed E-state index contributed by atoms with van der Waals surface area (Å²) in [4.78, 5) is 12.5. The number of hydrogen-bond donors (Lipinski definition) is 2. The molecule has 4 rings (SSSR count). The first-order valence-electron chi connectivity index (χ1n) is 9.11. The molecular formula is C21H19N5O3. The van der Waals surface area contributed by atoms with Crippen molar-refractivity contribution in [3.63, 3.8) is 0 Å². The van der Waals surface area contributed by atoms with Gasteiger partial charge >= 0.3 is 5.91 Å². The van der Waals surface area contributed by atoms with Crippen LogP contribution in [0.25, 0.3) is 16.6 Å². The monoisotopic (exact) mass is 389 g/mol. The maximum Gasteiger partial charge on any atom is 0.319 e. The van der Waals surface area contributed by atoms with Gasteiger partial charge in [0, 0.05) is 11.9 Å². The highest BCUT2D eigenvalue weighted by Crippen LogP contribution is 2.39. The van der Waals surface area contributed by atoms with E-state index < -0.39 is 5.91 Å². The average molecular weight is 389 g/mol. The molecule has 0 aliphatic heterocycles. The van der Waals surface area contributed by atoms with E-state index in [9.17, 15) is 15.0 Å². The van der Waals surface area contributed by atoms with Crippen LogP contribution in [0.4, 0.5) is 5.69 Å². The Morgan fingerprint density at radius 3 is 2.62 bits per heavy atom. The summed E-state index contributed by atoms with van der Waals surface area (Å²) in [7, 11) is 0. The van der Waals surface area contributed by atoms with Gasteiger partial charge in [-0.05, 0) is 38.1 Å². The van der Waals surface area contributed by atoms with Gasteiger partial charge in [0.25, 0.3) is 0 Å². The number of hydrogen-bond acceptors (Lipinski definition) is 5. The van der Waals surface area contributed by atoms with Gasteiger partial charge in [-0.3, -0.25) is 4.79 Å². The molecule has 0 spiro atoms. The fourth-order valence-electron chi connectivity index (χ4n) is 3.23. The molecule has 8 nitrogen and oxygen atoms in total. The molecule has 0 aliphatic carbocycles. The molecule has 146 valence electrons. The minimum Gasteiger partial charge on any atom is -0.504 e. The number of fused-ring (bicyclic) bond motifs is 1. The summed E-state index contributed by atoms with van der Waals surface area (Å²) in [6.07, 6.45) is 1.34. The van der Waals surface area contributed by atoms with Crippen molar-refractivity contribution in [3.8, 4) is 17.3 Å². The topological polar surface area (TPSA) is 105 Å². The highest BCUT2D eigenvalue weighted by Gasteiger charge is 2.19. The van der Waals surface area contributed by atoms with E-state index in [1.165, 1.54) is 10.9 Å². The van der Waals surface area contributed by atoms with Gasteiger partial charge in [0.05, 0.1) is 17.4 Å². The minimum absolute atomic E-state index is 0.0660. The summed E-state index contributed by atoms with van der Waals surface area (Å²) >= 11 is 0. The molecule has 4 aromatic rings. The van der Waals surface area contributed by atoms with Crippen LogP contribution in [0.2, 0.25) is 0 Å². The number of para-hydroxylation sites is 1. The second-order valence-electron chi connectivity index (χ2n) is 6.59. The van der Waals surface area contributed by atoms with E-state index in [0.717, 1.165) is 11.1 Å². The third-order valence-electron chi connectivity index (χ3n) is 4.64. The molecule has 1 amide bonds.